The summed E-state index contributed by atoms with van der Waals surface area (Å²) >= 11 is 2.22. The van der Waals surface area contributed by atoms with Crippen LogP contribution in [0.25, 0.3) is 0 Å². The van der Waals surface area contributed by atoms with Crippen molar-refractivity contribution >= 4 is 34.2 Å². The van der Waals surface area contributed by atoms with Gasteiger partial charge in [0.2, 0.25) is 0 Å². The molecule has 0 bridgehead atoms. The molecular formula is C18H18FIN2O. The van der Waals surface area contributed by atoms with E-state index < -0.39 is 0 Å². The largest absolute Gasteiger partial charge is 0.371 e. The van der Waals surface area contributed by atoms with E-state index in [4.69, 9.17) is 0 Å². The third-order valence-electron chi connectivity index (χ3n) is 4.11. The number of hydrogen-bond acceptors (Lipinski definition) is 2. The lowest BCUT2D eigenvalue weighted by atomic mass is 10.0. The van der Waals surface area contributed by atoms with Crippen molar-refractivity contribution in [2.75, 3.05) is 18.0 Å². The molecule has 1 N–H and O–H groups in total. The van der Waals surface area contributed by atoms with E-state index >= 15 is 0 Å². The lowest BCUT2D eigenvalue weighted by molar-refractivity contribution is 0.0931. The summed E-state index contributed by atoms with van der Waals surface area (Å²) in [4.78, 5) is 14.4. The number of carbonyl (C=O) groups is 1. The molecular weight excluding hydrogens is 406 g/mol. The number of nitrogens with one attached hydrogen (secondary N) is 1. The highest BCUT2D eigenvalue weighted by Gasteiger charge is 2.21. The molecule has 0 aromatic heterocycles. The Hall–Kier alpha value is -1.63. The Morgan fingerprint density at radius 1 is 1.13 bits per heavy atom. The van der Waals surface area contributed by atoms with Crippen molar-refractivity contribution in [1.82, 2.24) is 5.32 Å². The van der Waals surface area contributed by atoms with Crippen LogP contribution in [0.2, 0.25) is 0 Å². The maximum Gasteiger partial charge on any atom is 0.251 e. The summed E-state index contributed by atoms with van der Waals surface area (Å²) in [6, 6.07) is 14.4. The van der Waals surface area contributed by atoms with E-state index in [0.717, 1.165) is 35.2 Å². The van der Waals surface area contributed by atoms with Gasteiger partial charge >= 0.3 is 0 Å². The molecule has 1 aliphatic rings. The Kier molecular flexibility index (Phi) is 5.15. The number of nitrogens with zero attached hydrogens (tertiary/aromatic N) is 1. The molecule has 2 aromatic rings. The maximum absolute atomic E-state index is 13.3. The number of anilines is 1. The molecule has 3 nitrogen and oxygen atoms in total. The van der Waals surface area contributed by atoms with Crippen LogP contribution < -0.4 is 10.2 Å². The van der Waals surface area contributed by atoms with Crippen molar-refractivity contribution < 1.29 is 9.18 Å². The zero-order valence-corrected chi connectivity index (χ0v) is 14.8. The van der Waals surface area contributed by atoms with Crippen molar-refractivity contribution in [3.8, 4) is 0 Å². The molecule has 0 spiro atoms. The summed E-state index contributed by atoms with van der Waals surface area (Å²) in [7, 11) is 0. The molecule has 0 saturated carbocycles. The predicted octanol–water partition coefficient (Wildman–Crippen LogP) is 3.83. The van der Waals surface area contributed by atoms with Gasteiger partial charge in [-0.1, -0.05) is 6.07 Å². The molecule has 1 amide bonds. The highest BCUT2D eigenvalue weighted by atomic mass is 127. The minimum atomic E-state index is -0.211. The van der Waals surface area contributed by atoms with Gasteiger partial charge < -0.3 is 10.2 Å². The Morgan fingerprint density at radius 2 is 1.83 bits per heavy atom. The summed E-state index contributed by atoms with van der Waals surface area (Å²) in [5.74, 6) is -0.234. The molecule has 23 heavy (non-hydrogen) atoms. The zero-order chi connectivity index (χ0) is 16.2. The molecule has 1 saturated heterocycles. The van der Waals surface area contributed by atoms with Crippen LogP contribution in [0.15, 0.2) is 48.5 Å². The van der Waals surface area contributed by atoms with Crippen LogP contribution >= 0.6 is 22.6 Å². The number of rotatable bonds is 3. The van der Waals surface area contributed by atoms with Crippen molar-refractivity contribution in [2.24, 2.45) is 0 Å². The summed E-state index contributed by atoms with van der Waals surface area (Å²) in [5, 5.41) is 3.10. The summed E-state index contributed by atoms with van der Waals surface area (Å²) < 4.78 is 14.4. The second-order valence-electron chi connectivity index (χ2n) is 5.72. The number of hydrogen-bond donors (Lipinski definition) is 1. The number of carbonyl (C=O) groups excluding carboxylic acids is 1. The standard InChI is InChI=1S/C18H18FIN2O/c19-14-2-1-3-17(12-14)22-10-8-16(9-11-22)21-18(23)13-4-6-15(20)7-5-13/h1-7,12,16H,8-11H2,(H,21,23). The molecule has 0 aliphatic carbocycles. The molecule has 0 radical (unpaired) electrons. The fourth-order valence-electron chi connectivity index (χ4n) is 2.82. The number of halogens is 2. The minimum absolute atomic E-state index is 0.0226. The second-order valence-corrected chi connectivity index (χ2v) is 6.97. The number of benzene rings is 2. The topological polar surface area (TPSA) is 32.3 Å². The first-order valence-corrected chi connectivity index (χ1v) is 8.76. The molecule has 5 heteroatoms. The maximum atomic E-state index is 13.3. The highest BCUT2D eigenvalue weighted by molar-refractivity contribution is 14.1. The van der Waals surface area contributed by atoms with Crippen molar-refractivity contribution in [1.29, 1.82) is 0 Å². The summed E-state index contributed by atoms with van der Waals surface area (Å²) in [6.45, 7) is 1.64. The first kappa shape index (κ1) is 16.2. The lowest BCUT2D eigenvalue weighted by Crippen LogP contribution is -2.44. The molecule has 0 unspecified atom stereocenters. The Morgan fingerprint density at radius 3 is 2.48 bits per heavy atom. The third-order valence-corrected chi connectivity index (χ3v) is 4.83. The van der Waals surface area contributed by atoms with Crippen molar-refractivity contribution in [2.45, 2.75) is 18.9 Å². The van der Waals surface area contributed by atoms with Crippen LogP contribution in [0, 0.1) is 9.39 Å². The first-order valence-electron chi connectivity index (χ1n) is 7.69. The van der Waals surface area contributed by atoms with Crippen molar-refractivity contribution in [3.63, 3.8) is 0 Å². The predicted molar refractivity (Wildman–Crippen MR) is 98.3 cm³/mol. The van der Waals surface area contributed by atoms with Gasteiger partial charge in [-0.05, 0) is 77.9 Å². The van der Waals surface area contributed by atoms with Gasteiger partial charge in [0.25, 0.3) is 5.91 Å². The van der Waals surface area contributed by atoms with Crippen LogP contribution in [0.1, 0.15) is 23.2 Å². The number of piperidine rings is 1. The van der Waals surface area contributed by atoms with Gasteiger partial charge in [-0.3, -0.25) is 4.79 Å². The van der Waals surface area contributed by atoms with Crippen LogP contribution in [-0.4, -0.2) is 25.0 Å². The van der Waals surface area contributed by atoms with E-state index in [9.17, 15) is 9.18 Å². The zero-order valence-electron chi connectivity index (χ0n) is 12.6. The van der Waals surface area contributed by atoms with E-state index in [2.05, 4.69) is 32.8 Å². The lowest BCUT2D eigenvalue weighted by Gasteiger charge is -2.34. The summed E-state index contributed by atoms with van der Waals surface area (Å²) in [6.07, 6.45) is 1.74. The SMILES string of the molecule is O=C(NC1CCN(c2cccc(F)c2)CC1)c1ccc(I)cc1. The first-order chi connectivity index (χ1) is 11.1. The average Bonchev–Trinajstić information content (AvgIpc) is 2.56. The molecule has 1 aliphatic heterocycles. The quantitative estimate of drug-likeness (QED) is 0.760. The van der Waals surface area contributed by atoms with E-state index in [-0.39, 0.29) is 17.8 Å². The Balaban J connectivity index is 1.55. The van der Waals surface area contributed by atoms with E-state index in [0.29, 0.717) is 5.56 Å². The fraction of sp³-hybridized carbons (Fsp3) is 0.278. The molecule has 0 atom stereocenters. The van der Waals surface area contributed by atoms with Crippen molar-refractivity contribution in [3.05, 3.63) is 63.5 Å². The highest BCUT2D eigenvalue weighted by Crippen LogP contribution is 2.21. The van der Waals surface area contributed by atoms with Crippen LogP contribution in [-0.2, 0) is 0 Å². The normalized spacial score (nSPS) is 15.5. The van der Waals surface area contributed by atoms with Gasteiger partial charge in [0.1, 0.15) is 5.82 Å². The van der Waals surface area contributed by atoms with Gasteiger partial charge in [0, 0.05) is 34.0 Å². The van der Waals surface area contributed by atoms with Gasteiger partial charge in [0.15, 0.2) is 0 Å². The van der Waals surface area contributed by atoms with Gasteiger partial charge in [0.05, 0.1) is 0 Å². The van der Waals surface area contributed by atoms with E-state index in [1.165, 1.54) is 6.07 Å². The Bertz CT molecular complexity index is 682. The van der Waals surface area contributed by atoms with E-state index in [1.807, 2.05) is 30.3 Å². The molecule has 1 fully saturated rings. The molecule has 1 heterocycles. The van der Waals surface area contributed by atoms with Crippen LogP contribution in [0.5, 0.6) is 0 Å². The van der Waals surface area contributed by atoms with Gasteiger partial charge in [-0.2, -0.15) is 0 Å². The minimum Gasteiger partial charge on any atom is -0.371 e. The number of amides is 1. The average molecular weight is 424 g/mol. The Labute approximate surface area is 149 Å². The van der Waals surface area contributed by atoms with Crippen LogP contribution in [0.3, 0.4) is 0 Å². The summed E-state index contributed by atoms with van der Waals surface area (Å²) in [5.41, 5.74) is 1.60. The molecule has 2 aromatic carbocycles. The molecule has 3 rings (SSSR count). The van der Waals surface area contributed by atoms with Crippen LogP contribution in [0.4, 0.5) is 10.1 Å². The monoisotopic (exact) mass is 424 g/mol. The van der Waals surface area contributed by atoms with E-state index in [1.54, 1.807) is 12.1 Å². The van der Waals surface area contributed by atoms with Gasteiger partial charge in [-0.25, -0.2) is 4.39 Å². The third kappa shape index (κ3) is 4.22. The smallest absolute Gasteiger partial charge is 0.251 e. The molecule has 120 valence electrons. The van der Waals surface area contributed by atoms with Gasteiger partial charge in [-0.15, -0.1) is 0 Å². The fourth-order valence-corrected chi connectivity index (χ4v) is 3.18. The second kappa shape index (κ2) is 7.29.